The van der Waals surface area contributed by atoms with Gasteiger partial charge in [-0.2, -0.15) is 0 Å². The number of nitrogens with one attached hydrogen (secondary N) is 1. The zero-order chi connectivity index (χ0) is 21.1. The first-order valence-electron chi connectivity index (χ1n) is 13.4. The molecule has 0 aromatic rings. The Bertz CT molecular complexity index is 303. The van der Waals surface area contributed by atoms with E-state index in [2.05, 4.69) is 18.3 Å². The van der Waals surface area contributed by atoms with Crippen molar-refractivity contribution in [1.82, 2.24) is 5.32 Å². The third kappa shape index (κ3) is 27.5. The van der Waals surface area contributed by atoms with Crippen LogP contribution in [0.4, 0.5) is 0 Å². The molecule has 0 saturated carbocycles. The molecule has 29 heavy (non-hydrogen) atoms. The zero-order valence-corrected chi connectivity index (χ0v) is 20.1. The van der Waals surface area contributed by atoms with E-state index in [0.717, 1.165) is 6.42 Å². The molecule has 0 aliphatic heterocycles. The van der Waals surface area contributed by atoms with E-state index in [1.165, 1.54) is 135 Å². The Morgan fingerprint density at radius 2 is 0.862 bits per heavy atom. The first kappa shape index (κ1) is 28.5. The first-order chi connectivity index (χ1) is 14.4. The topological polar surface area (TPSA) is 32.3 Å². The monoisotopic (exact) mass is 409 g/mol. The van der Waals surface area contributed by atoms with Crippen LogP contribution >= 0.6 is 0 Å². The van der Waals surface area contributed by atoms with Gasteiger partial charge in [0, 0.05) is 6.54 Å². The Kier molecular flexibility index (Phi) is 27.0. The number of allylic oxidation sites excluding steroid dienone is 1. The lowest BCUT2D eigenvalue weighted by Crippen LogP contribution is -2.10. The number of rotatable bonds is 25. The molecule has 2 nitrogen and oxygen atoms in total. The Balaban J connectivity index is 3.01. The highest BCUT2D eigenvalue weighted by atomic mass is 16.3. The number of hydrogen-bond acceptors (Lipinski definition) is 2. The summed E-state index contributed by atoms with van der Waals surface area (Å²) in [5.41, 5.74) is 0. The molecule has 0 rings (SSSR count). The van der Waals surface area contributed by atoms with Crippen molar-refractivity contribution in [3.05, 3.63) is 12.3 Å². The molecule has 0 aliphatic rings. The largest absolute Gasteiger partial charge is 0.395 e. The average molecular weight is 410 g/mol. The second-order valence-electron chi connectivity index (χ2n) is 8.94. The maximum atomic E-state index is 8.65. The maximum Gasteiger partial charge on any atom is 0.0603 e. The summed E-state index contributed by atoms with van der Waals surface area (Å²) in [5, 5.41) is 11.7. The average Bonchev–Trinajstić information content (AvgIpc) is 2.74. The van der Waals surface area contributed by atoms with Gasteiger partial charge in [0.1, 0.15) is 0 Å². The van der Waals surface area contributed by atoms with Crippen LogP contribution in [0.25, 0.3) is 0 Å². The van der Waals surface area contributed by atoms with Gasteiger partial charge in [-0.1, -0.05) is 141 Å². The fraction of sp³-hybridized carbons (Fsp3) is 0.926. The van der Waals surface area contributed by atoms with Gasteiger partial charge >= 0.3 is 0 Å². The number of aliphatic hydroxyl groups is 1. The molecule has 0 unspecified atom stereocenters. The molecular weight excluding hydrogens is 354 g/mol. The van der Waals surface area contributed by atoms with Gasteiger partial charge in [0.05, 0.1) is 6.61 Å². The molecule has 0 aliphatic carbocycles. The standard InChI is InChI=1S/C27H55NO/c1-2-3-4-5-6-7-8-9-10-11-12-13-14-15-16-17-18-19-20-21-22-23-24-25-28-26-27-29/h24-25,28-29H,2-23,26-27H2,1H3. The van der Waals surface area contributed by atoms with E-state index in [9.17, 15) is 0 Å². The van der Waals surface area contributed by atoms with Gasteiger partial charge in [-0.05, 0) is 19.0 Å². The predicted octanol–water partition coefficient (Wildman–Crippen LogP) is 8.68. The van der Waals surface area contributed by atoms with Gasteiger partial charge in [-0.3, -0.25) is 0 Å². The molecule has 0 spiro atoms. The quantitative estimate of drug-likeness (QED) is 0.148. The van der Waals surface area contributed by atoms with E-state index < -0.39 is 0 Å². The predicted molar refractivity (Wildman–Crippen MR) is 131 cm³/mol. The minimum atomic E-state index is 0.212. The Labute approximate surface area is 184 Å². The lowest BCUT2D eigenvalue weighted by molar-refractivity contribution is 0.298. The summed E-state index contributed by atoms with van der Waals surface area (Å²) in [6, 6.07) is 0. The van der Waals surface area contributed by atoms with Crippen LogP contribution in [0.3, 0.4) is 0 Å². The molecule has 0 bridgehead atoms. The highest BCUT2D eigenvalue weighted by molar-refractivity contribution is 4.78. The van der Waals surface area contributed by atoms with Crippen molar-refractivity contribution in [1.29, 1.82) is 0 Å². The molecule has 174 valence electrons. The van der Waals surface area contributed by atoms with Crippen LogP contribution in [0.1, 0.15) is 148 Å². The van der Waals surface area contributed by atoms with Crippen molar-refractivity contribution >= 4 is 0 Å². The van der Waals surface area contributed by atoms with Crippen molar-refractivity contribution in [2.45, 2.75) is 148 Å². The highest BCUT2D eigenvalue weighted by Crippen LogP contribution is 2.15. The molecule has 0 heterocycles. The lowest BCUT2D eigenvalue weighted by Gasteiger charge is -2.04. The van der Waals surface area contributed by atoms with Gasteiger partial charge in [0.15, 0.2) is 0 Å². The SMILES string of the molecule is CCCCCCCCCCCCCCCCCCCCCCCC=CNCCO. The fourth-order valence-corrected chi connectivity index (χ4v) is 4.01. The molecule has 0 atom stereocenters. The van der Waals surface area contributed by atoms with Crippen molar-refractivity contribution < 1.29 is 5.11 Å². The van der Waals surface area contributed by atoms with Crippen molar-refractivity contribution in [3.63, 3.8) is 0 Å². The van der Waals surface area contributed by atoms with Gasteiger partial charge in [0.2, 0.25) is 0 Å². The van der Waals surface area contributed by atoms with Crippen molar-refractivity contribution in [3.8, 4) is 0 Å². The molecule has 0 aromatic carbocycles. The molecule has 0 radical (unpaired) electrons. The summed E-state index contributed by atoms with van der Waals surface area (Å²) in [5.74, 6) is 0. The van der Waals surface area contributed by atoms with Crippen molar-refractivity contribution in [2.75, 3.05) is 13.2 Å². The van der Waals surface area contributed by atoms with Gasteiger partial charge < -0.3 is 10.4 Å². The summed E-state index contributed by atoms with van der Waals surface area (Å²) in [4.78, 5) is 0. The van der Waals surface area contributed by atoms with E-state index >= 15 is 0 Å². The molecular formula is C27H55NO. The Morgan fingerprint density at radius 3 is 1.21 bits per heavy atom. The maximum absolute atomic E-state index is 8.65. The van der Waals surface area contributed by atoms with Crippen LogP contribution < -0.4 is 5.32 Å². The van der Waals surface area contributed by atoms with Crippen LogP contribution in [-0.2, 0) is 0 Å². The first-order valence-corrected chi connectivity index (χ1v) is 13.4. The summed E-state index contributed by atoms with van der Waals surface area (Å²) in [6.07, 6.45) is 35.6. The molecule has 2 N–H and O–H groups in total. The van der Waals surface area contributed by atoms with Crippen LogP contribution in [0, 0.1) is 0 Å². The third-order valence-electron chi connectivity index (χ3n) is 5.97. The molecule has 0 fully saturated rings. The Hall–Kier alpha value is -0.500. The van der Waals surface area contributed by atoms with E-state index in [-0.39, 0.29) is 6.61 Å². The van der Waals surface area contributed by atoms with Gasteiger partial charge in [-0.15, -0.1) is 0 Å². The summed E-state index contributed by atoms with van der Waals surface area (Å²) in [6.45, 7) is 3.17. The number of unbranched alkanes of at least 4 members (excludes halogenated alkanes) is 21. The van der Waals surface area contributed by atoms with Crippen molar-refractivity contribution in [2.24, 2.45) is 0 Å². The van der Waals surface area contributed by atoms with E-state index in [1.54, 1.807) is 0 Å². The molecule has 0 saturated heterocycles. The van der Waals surface area contributed by atoms with Crippen LogP contribution in [0.2, 0.25) is 0 Å². The normalized spacial score (nSPS) is 11.5. The third-order valence-corrected chi connectivity index (χ3v) is 5.97. The van der Waals surface area contributed by atoms with Crippen LogP contribution in [0.5, 0.6) is 0 Å². The summed E-state index contributed by atoms with van der Waals surface area (Å²) in [7, 11) is 0. The smallest absolute Gasteiger partial charge is 0.0603 e. The summed E-state index contributed by atoms with van der Waals surface area (Å²) >= 11 is 0. The van der Waals surface area contributed by atoms with Gasteiger partial charge in [-0.25, -0.2) is 0 Å². The highest BCUT2D eigenvalue weighted by Gasteiger charge is 1.95. The molecule has 0 aromatic heterocycles. The number of aliphatic hydroxyl groups excluding tert-OH is 1. The fourth-order valence-electron chi connectivity index (χ4n) is 4.01. The second-order valence-corrected chi connectivity index (χ2v) is 8.94. The second kappa shape index (κ2) is 27.5. The lowest BCUT2D eigenvalue weighted by atomic mass is 10.0. The summed E-state index contributed by atoms with van der Waals surface area (Å²) < 4.78 is 0. The van der Waals surface area contributed by atoms with Crippen LogP contribution in [-0.4, -0.2) is 18.3 Å². The number of hydrogen-bond donors (Lipinski definition) is 2. The minimum absolute atomic E-state index is 0.212. The van der Waals surface area contributed by atoms with E-state index in [0.29, 0.717) is 6.54 Å². The van der Waals surface area contributed by atoms with Gasteiger partial charge in [0.25, 0.3) is 0 Å². The Morgan fingerprint density at radius 1 is 0.517 bits per heavy atom. The van der Waals surface area contributed by atoms with E-state index in [1.807, 2.05) is 6.20 Å². The molecule has 0 amide bonds. The molecule has 2 heteroatoms. The zero-order valence-electron chi connectivity index (χ0n) is 20.1. The van der Waals surface area contributed by atoms with Crippen LogP contribution in [0.15, 0.2) is 12.3 Å². The van der Waals surface area contributed by atoms with E-state index in [4.69, 9.17) is 5.11 Å². The minimum Gasteiger partial charge on any atom is -0.395 e.